The van der Waals surface area contributed by atoms with Crippen molar-refractivity contribution in [2.45, 2.75) is 12.5 Å². The van der Waals surface area contributed by atoms with Crippen molar-refractivity contribution in [1.29, 1.82) is 0 Å². The second-order valence-electron chi connectivity index (χ2n) is 3.69. The van der Waals surface area contributed by atoms with Gasteiger partial charge in [-0.05, 0) is 12.1 Å². The predicted octanol–water partition coefficient (Wildman–Crippen LogP) is 1.90. The van der Waals surface area contributed by atoms with Gasteiger partial charge < -0.3 is 14.2 Å². The molecule has 1 unspecified atom stereocenters. The minimum atomic E-state index is -0.657. The van der Waals surface area contributed by atoms with Crippen LogP contribution in [0.15, 0.2) is 24.3 Å². The Kier molecular flexibility index (Phi) is 3.61. The molecule has 0 N–H and O–H groups in total. The van der Waals surface area contributed by atoms with E-state index < -0.39 is 11.1 Å². The van der Waals surface area contributed by atoms with Crippen molar-refractivity contribution in [2.24, 2.45) is 0 Å². The molecule has 1 aliphatic heterocycles. The highest BCUT2D eigenvalue weighted by molar-refractivity contribution is 5.61. The Morgan fingerprint density at radius 2 is 2.11 bits per heavy atom. The molecule has 96 valence electrons. The lowest BCUT2D eigenvalue weighted by atomic mass is 10.3. The van der Waals surface area contributed by atoms with E-state index in [1.54, 1.807) is 0 Å². The van der Waals surface area contributed by atoms with Gasteiger partial charge in [0.25, 0.3) is 5.69 Å². The van der Waals surface area contributed by atoms with Gasteiger partial charge >= 0.3 is 6.16 Å². The Bertz CT molecular complexity index is 443. The fraction of sp³-hybridized carbons (Fsp3) is 0.364. The Hall–Kier alpha value is -2.31. The summed E-state index contributed by atoms with van der Waals surface area (Å²) in [5.74, 6) is 0.533. The molecule has 7 nitrogen and oxygen atoms in total. The van der Waals surface area contributed by atoms with Gasteiger partial charge in [-0.25, -0.2) is 4.79 Å². The van der Waals surface area contributed by atoms with Crippen LogP contribution in [0.1, 0.15) is 6.42 Å². The number of benzene rings is 1. The summed E-state index contributed by atoms with van der Waals surface area (Å²) in [4.78, 5) is 20.6. The van der Waals surface area contributed by atoms with Crippen LogP contribution in [0, 0.1) is 10.1 Å². The second kappa shape index (κ2) is 5.35. The number of rotatable bonds is 5. The smallest absolute Gasteiger partial charge is 0.493 e. The number of carbonyl (C=O) groups excluding carboxylic acids is 1. The lowest BCUT2D eigenvalue weighted by Crippen LogP contribution is -2.14. The largest absolute Gasteiger partial charge is 0.508 e. The summed E-state index contributed by atoms with van der Waals surface area (Å²) in [6.07, 6.45) is -0.422. The molecule has 2 rings (SSSR count). The molecule has 1 atom stereocenters. The number of cyclic esters (lactones) is 2. The highest BCUT2D eigenvalue weighted by atomic mass is 16.8. The third-order valence-electron chi connectivity index (χ3n) is 2.41. The molecular weight excluding hydrogens is 242 g/mol. The first-order valence-electron chi connectivity index (χ1n) is 5.36. The van der Waals surface area contributed by atoms with E-state index in [0.717, 1.165) is 0 Å². The number of hydrogen-bond donors (Lipinski definition) is 0. The molecule has 0 bridgehead atoms. The summed E-state index contributed by atoms with van der Waals surface area (Å²) in [6, 6.07) is 5.78. The molecular formula is C11H11NO6. The van der Waals surface area contributed by atoms with Crippen LogP contribution < -0.4 is 4.74 Å². The van der Waals surface area contributed by atoms with Crippen molar-refractivity contribution in [3.8, 4) is 5.75 Å². The SMILES string of the molecule is O=C1OCC(CCOc2ccc([N+](=O)[O-])cc2)O1. The summed E-state index contributed by atoms with van der Waals surface area (Å²) in [7, 11) is 0. The van der Waals surface area contributed by atoms with Crippen LogP contribution in [0.25, 0.3) is 0 Å². The van der Waals surface area contributed by atoms with Gasteiger partial charge in [0.15, 0.2) is 0 Å². The van der Waals surface area contributed by atoms with Crippen molar-refractivity contribution < 1.29 is 23.9 Å². The van der Waals surface area contributed by atoms with Crippen LogP contribution in [0.3, 0.4) is 0 Å². The van der Waals surface area contributed by atoms with Gasteiger partial charge in [-0.2, -0.15) is 0 Å². The molecule has 1 aromatic carbocycles. The fourth-order valence-electron chi connectivity index (χ4n) is 1.48. The van der Waals surface area contributed by atoms with Crippen molar-refractivity contribution in [3.63, 3.8) is 0 Å². The Balaban J connectivity index is 1.76. The highest BCUT2D eigenvalue weighted by Crippen LogP contribution is 2.18. The highest BCUT2D eigenvalue weighted by Gasteiger charge is 2.24. The number of nitro groups is 1. The maximum Gasteiger partial charge on any atom is 0.508 e. The lowest BCUT2D eigenvalue weighted by Gasteiger charge is -2.08. The fourth-order valence-corrected chi connectivity index (χ4v) is 1.48. The first kappa shape index (κ1) is 12.2. The van der Waals surface area contributed by atoms with Crippen molar-refractivity contribution in [3.05, 3.63) is 34.4 Å². The second-order valence-corrected chi connectivity index (χ2v) is 3.69. The molecule has 1 heterocycles. The Morgan fingerprint density at radius 3 is 2.67 bits per heavy atom. The normalized spacial score (nSPS) is 18.0. The predicted molar refractivity (Wildman–Crippen MR) is 59.4 cm³/mol. The average molecular weight is 253 g/mol. The third-order valence-corrected chi connectivity index (χ3v) is 2.41. The number of nitrogens with zero attached hydrogens (tertiary/aromatic N) is 1. The minimum absolute atomic E-state index is 0.0143. The van der Waals surface area contributed by atoms with E-state index in [2.05, 4.69) is 4.74 Å². The number of nitro benzene ring substituents is 1. The number of non-ortho nitro benzene ring substituents is 1. The maximum atomic E-state index is 10.6. The van der Waals surface area contributed by atoms with Gasteiger partial charge in [0.1, 0.15) is 18.5 Å². The number of carbonyl (C=O) groups is 1. The summed E-state index contributed by atoms with van der Waals surface area (Å²) in [6.45, 7) is 0.585. The molecule has 0 aliphatic carbocycles. The molecule has 0 aromatic heterocycles. The van der Waals surface area contributed by atoms with E-state index in [9.17, 15) is 14.9 Å². The van der Waals surface area contributed by atoms with E-state index in [1.807, 2.05) is 0 Å². The lowest BCUT2D eigenvalue weighted by molar-refractivity contribution is -0.384. The molecule has 7 heteroatoms. The zero-order valence-corrected chi connectivity index (χ0v) is 9.40. The van der Waals surface area contributed by atoms with Gasteiger partial charge in [-0.3, -0.25) is 10.1 Å². The summed E-state index contributed by atoms with van der Waals surface area (Å²) in [5.41, 5.74) is 0.0143. The number of hydrogen-bond acceptors (Lipinski definition) is 6. The summed E-state index contributed by atoms with van der Waals surface area (Å²) < 4.78 is 14.8. The topological polar surface area (TPSA) is 87.9 Å². The first-order valence-corrected chi connectivity index (χ1v) is 5.36. The quantitative estimate of drug-likeness (QED) is 0.452. The van der Waals surface area contributed by atoms with Crippen molar-refractivity contribution in [2.75, 3.05) is 13.2 Å². The van der Waals surface area contributed by atoms with Gasteiger partial charge in [0.05, 0.1) is 11.5 Å². The van der Waals surface area contributed by atoms with Crippen LogP contribution >= 0.6 is 0 Å². The first-order chi connectivity index (χ1) is 8.65. The molecule has 1 fully saturated rings. The standard InChI is InChI=1S/C11H11NO6/c13-11-17-7-10(18-11)5-6-16-9-3-1-8(2-4-9)12(14)15/h1-4,10H,5-7H2. The molecule has 0 spiro atoms. The van der Waals surface area contributed by atoms with E-state index in [4.69, 9.17) is 9.47 Å². The molecule has 18 heavy (non-hydrogen) atoms. The van der Waals surface area contributed by atoms with Crippen LogP contribution in [-0.4, -0.2) is 30.4 Å². The van der Waals surface area contributed by atoms with E-state index >= 15 is 0 Å². The molecule has 1 saturated heterocycles. The van der Waals surface area contributed by atoms with Gasteiger partial charge in [-0.1, -0.05) is 0 Å². The molecule has 0 saturated carbocycles. The molecule has 1 aliphatic rings. The van der Waals surface area contributed by atoms with E-state index in [0.29, 0.717) is 18.8 Å². The third kappa shape index (κ3) is 3.09. The minimum Gasteiger partial charge on any atom is -0.493 e. The van der Waals surface area contributed by atoms with Gasteiger partial charge in [0.2, 0.25) is 0 Å². The Morgan fingerprint density at radius 1 is 1.39 bits per heavy atom. The van der Waals surface area contributed by atoms with E-state index in [-0.39, 0.29) is 18.4 Å². The maximum absolute atomic E-state index is 10.6. The molecule has 0 radical (unpaired) electrons. The Labute approximate surface area is 102 Å². The molecule has 1 aromatic rings. The summed E-state index contributed by atoms with van der Waals surface area (Å²) in [5, 5.41) is 10.4. The van der Waals surface area contributed by atoms with Crippen molar-refractivity contribution >= 4 is 11.8 Å². The van der Waals surface area contributed by atoms with Gasteiger partial charge in [0, 0.05) is 18.6 Å². The molecule has 0 amide bonds. The van der Waals surface area contributed by atoms with E-state index in [1.165, 1.54) is 24.3 Å². The van der Waals surface area contributed by atoms with Crippen LogP contribution in [-0.2, 0) is 9.47 Å². The van der Waals surface area contributed by atoms with Crippen LogP contribution in [0.4, 0.5) is 10.5 Å². The zero-order chi connectivity index (χ0) is 13.0. The van der Waals surface area contributed by atoms with Crippen molar-refractivity contribution in [1.82, 2.24) is 0 Å². The average Bonchev–Trinajstić information content (AvgIpc) is 2.76. The monoisotopic (exact) mass is 253 g/mol. The van der Waals surface area contributed by atoms with Gasteiger partial charge in [-0.15, -0.1) is 0 Å². The zero-order valence-electron chi connectivity index (χ0n) is 9.40. The summed E-state index contributed by atoms with van der Waals surface area (Å²) >= 11 is 0. The van der Waals surface area contributed by atoms with Crippen LogP contribution in [0.2, 0.25) is 0 Å². The number of ether oxygens (including phenoxy) is 3. The van der Waals surface area contributed by atoms with Crippen LogP contribution in [0.5, 0.6) is 5.75 Å².